The minimum absolute atomic E-state index is 0.0641. The van der Waals surface area contributed by atoms with Crippen molar-refractivity contribution in [2.75, 3.05) is 6.61 Å². The summed E-state index contributed by atoms with van der Waals surface area (Å²) in [4.78, 5) is 26.2. The van der Waals surface area contributed by atoms with Crippen LogP contribution in [0.25, 0.3) is 0 Å². The SMILES string of the molecule is CCCCCCCCC/C=C\CCCC(CC(=O)NC(CO)C(O)CCCCCCCCCCCCCCC)OC(=O)CCCCCCCCCCCCCCCCCCCC. The van der Waals surface area contributed by atoms with Gasteiger partial charge in [0.25, 0.3) is 0 Å². The number of ether oxygens (including phenoxy) is 1. The molecule has 3 N–H and O–H groups in total. The van der Waals surface area contributed by atoms with E-state index in [1.165, 1.54) is 212 Å². The Morgan fingerprint density at radius 1 is 0.452 bits per heavy atom. The predicted octanol–water partition coefficient (Wildman–Crippen LogP) is 16.9. The molecule has 0 bridgehead atoms. The maximum atomic E-state index is 13.2. The van der Waals surface area contributed by atoms with Crippen LogP contribution in [0.15, 0.2) is 12.2 Å². The molecule has 0 saturated heterocycles. The van der Waals surface area contributed by atoms with Crippen molar-refractivity contribution in [3.8, 4) is 0 Å². The van der Waals surface area contributed by atoms with Crippen LogP contribution in [0.3, 0.4) is 0 Å². The summed E-state index contributed by atoms with van der Waals surface area (Å²) >= 11 is 0. The minimum atomic E-state index is -0.788. The van der Waals surface area contributed by atoms with Crippen LogP contribution in [0.5, 0.6) is 0 Å². The second kappa shape index (κ2) is 50.6. The number of aliphatic hydroxyl groups is 2. The number of aliphatic hydroxyl groups excluding tert-OH is 2. The highest BCUT2D eigenvalue weighted by Gasteiger charge is 2.24. The van der Waals surface area contributed by atoms with E-state index in [9.17, 15) is 19.8 Å². The van der Waals surface area contributed by atoms with E-state index >= 15 is 0 Å². The number of hydrogen-bond donors (Lipinski definition) is 3. The van der Waals surface area contributed by atoms with Gasteiger partial charge in [0.2, 0.25) is 5.91 Å². The Bertz CT molecular complexity index is 939. The highest BCUT2D eigenvalue weighted by Crippen LogP contribution is 2.18. The number of hydrogen-bond acceptors (Lipinski definition) is 5. The van der Waals surface area contributed by atoms with Crippen LogP contribution in [-0.4, -0.2) is 46.9 Å². The first kappa shape index (κ1) is 60.6. The van der Waals surface area contributed by atoms with E-state index in [1.807, 2.05) is 0 Å². The number of esters is 1. The summed E-state index contributed by atoms with van der Waals surface area (Å²) in [5.74, 6) is -0.483. The second-order valence-corrected chi connectivity index (χ2v) is 19.3. The lowest BCUT2D eigenvalue weighted by atomic mass is 10.0. The van der Waals surface area contributed by atoms with E-state index in [4.69, 9.17) is 4.74 Å². The number of carbonyl (C=O) groups excluding carboxylic acids is 2. The summed E-state index contributed by atoms with van der Waals surface area (Å²) in [5.41, 5.74) is 0. The second-order valence-electron chi connectivity index (χ2n) is 19.3. The molecule has 0 aromatic carbocycles. The van der Waals surface area contributed by atoms with Gasteiger partial charge in [-0.3, -0.25) is 9.59 Å². The van der Waals surface area contributed by atoms with Crippen LogP contribution in [0, 0.1) is 0 Å². The molecule has 0 rings (SSSR count). The first-order valence-corrected chi connectivity index (χ1v) is 27.9. The molecule has 0 aromatic heterocycles. The molecule has 368 valence electrons. The summed E-state index contributed by atoms with van der Waals surface area (Å²) in [5, 5.41) is 23.8. The zero-order chi connectivity index (χ0) is 45.2. The lowest BCUT2D eigenvalue weighted by molar-refractivity contribution is -0.151. The van der Waals surface area contributed by atoms with E-state index in [-0.39, 0.29) is 24.9 Å². The third kappa shape index (κ3) is 45.2. The van der Waals surface area contributed by atoms with Gasteiger partial charge in [0, 0.05) is 6.42 Å². The van der Waals surface area contributed by atoms with E-state index in [1.54, 1.807) is 0 Å². The highest BCUT2D eigenvalue weighted by molar-refractivity contribution is 5.77. The molecule has 1 amide bonds. The largest absolute Gasteiger partial charge is 0.462 e. The van der Waals surface area contributed by atoms with Crippen molar-refractivity contribution < 1.29 is 24.5 Å². The van der Waals surface area contributed by atoms with Crippen molar-refractivity contribution in [1.29, 1.82) is 0 Å². The van der Waals surface area contributed by atoms with Crippen molar-refractivity contribution in [2.45, 2.75) is 328 Å². The summed E-state index contributed by atoms with van der Waals surface area (Å²) in [6, 6.07) is -0.703. The smallest absolute Gasteiger partial charge is 0.306 e. The van der Waals surface area contributed by atoms with Crippen LogP contribution in [0.2, 0.25) is 0 Å². The zero-order valence-corrected chi connectivity index (χ0v) is 42.0. The molecule has 0 saturated carbocycles. The fourth-order valence-electron chi connectivity index (χ4n) is 8.85. The van der Waals surface area contributed by atoms with Crippen molar-refractivity contribution in [3.63, 3.8) is 0 Å². The van der Waals surface area contributed by atoms with Gasteiger partial charge in [0.1, 0.15) is 6.10 Å². The van der Waals surface area contributed by atoms with Gasteiger partial charge < -0.3 is 20.3 Å². The third-order valence-electron chi connectivity index (χ3n) is 13.1. The summed E-state index contributed by atoms with van der Waals surface area (Å²) in [6.07, 6.45) is 57.1. The van der Waals surface area contributed by atoms with Crippen LogP contribution < -0.4 is 5.32 Å². The Kier molecular flexibility index (Phi) is 49.5. The standard InChI is InChI=1S/C56H109NO5/c1-4-7-10-13-16-19-22-25-26-27-28-29-31-34-37-40-43-46-49-56(61)62-52(47-44-41-38-35-32-24-21-18-15-12-9-6-3)50-55(60)57-53(51-58)54(59)48-45-42-39-36-33-30-23-20-17-14-11-8-5-2/h35,38,52-54,58-59H,4-34,36-37,39-51H2,1-3H3,(H,57,60)/b38-35-. The molecule has 3 unspecified atom stereocenters. The number of carbonyl (C=O) groups is 2. The topological polar surface area (TPSA) is 95.9 Å². The molecular formula is C56H109NO5. The van der Waals surface area contributed by atoms with Gasteiger partial charge in [-0.25, -0.2) is 0 Å². The molecule has 0 aliphatic heterocycles. The molecular weight excluding hydrogens is 767 g/mol. The fraction of sp³-hybridized carbons (Fsp3) is 0.929. The van der Waals surface area contributed by atoms with Gasteiger partial charge >= 0.3 is 5.97 Å². The molecule has 0 radical (unpaired) electrons. The lowest BCUT2D eigenvalue weighted by Crippen LogP contribution is -2.46. The number of unbranched alkanes of at least 4 members (excludes halogenated alkanes) is 37. The van der Waals surface area contributed by atoms with Gasteiger partial charge in [-0.05, 0) is 44.9 Å². The van der Waals surface area contributed by atoms with Crippen molar-refractivity contribution in [1.82, 2.24) is 5.32 Å². The Morgan fingerprint density at radius 3 is 1.18 bits per heavy atom. The van der Waals surface area contributed by atoms with Crippen LogP contribution in [-0.2, 0) is 14.3 Å². The van der Waals surface area contributed by atoms with E-state index in [2.05, 4.69) is 38.2 Å². The third-order valence-corrected chi connectivity index (χ3v) is 13.1. The summed E-state index contributed by atoms with van der Waals surface area (Å²) in [6.45, 7) is 6.50. The van der Waals surface area contributed by atoms with E-state index < -0.39 is 18.2 Å². The average molecular weight is 876 g/mol. The molecule has 0 aromatic rings. The molecule has 0 fully saturated rings. The number of allylic oxidation sites excluding steroid dienone is 2. The fourth-order valence-corrected chi connectivity index (χ4v) is 8.85. The molecule has 6 nitrogen and oxygen atoms in total. The van der Waals surface area contributed by atoms with Gasteiger partial charge in [0.15, 0.2) is 0 Å². The highest BCUT2D eigenvalue weighted by atomic mass is 16.5. The van der Waals surface area contributed by atoms with Gasteiger partial charge in [-0.15, -0.1) is 0 Å². The van der Waals surface area contributed by atoms with Gasteiger partial charge in [-0.1, -0.05) is 264 Å². The van der Waals surface area contributed by atoms with E-state index in [0.29, 0.717) is 19.3 Å². The lowest BCUT2D eigenvalue weighted by Gasteiger charge is -2.24. The van der Waals surface area contributed by atoms with Crippen molar-refractivity contribution in [3.05, 3.63) is 12.2 Å². The molecule has 3 atom stereocenters. The normalized spacial score (nSPS) is 13.2. The predicted molar refractivity (Wildman–Crippen MR) is 269 cm³/mol. The van der Waals surface area contributed by atoms with Crippen molar-refractivity contribution in [2.24, 2.45) is 0 Å². The molecule has 0 aliphatic carbocycles. The zero-order valence-electron chi connectivity index (χ0n) is 42.0. The van der Waals surface area contributed by atoms with Crippen molar-refractivity contribution >= 4 is 11.9 Å². The summed E-state index contributed by atoms with van der Waals surface area (Å²) in [7, 11) is 0. The molecule has 0 spiro atoms. The number of amides is 1. The maximum Gasteiger partial charge on any atom is 0.306 e. The number of nitrogens with one attached hydrogen (secondary N) is 1. The Morgan fingerprint density at radius 2 is 0.790 bits per heavy atom. The van der Waals surface area contributed by atoms with Crippen LogP contribution >= 0.6 is 0 Å². The minimum Gasteiger partial charge on any atom is -0.462 e. The molecule has 0 aliphatic rings. The Hall–Kier alpha value is -1.40. The Labute approximate surface area is 387 Å². The van der Waals surface area contributed by atoms with Gasteiger partial charge in [-0.2, -0.15) is 0 Å². The van der Waals surface area contributed by atoms with Gasteiger partial charge in [0.05, 0.1) is 25.2 Å². The molecule has 62 heavy (non-hydrogen) atoms. The molecule has 0 heterocycles. The molecule has 6 heteroatoms. The average Bonchev–Trinajstić information content (AvgIpc) is 3.26. The number of rotatable bonds is 51. The maximum absolute atomic E-state index is 13.2. The Balaban J connectivity index is 4.48. The quantitative estimate of drug-likeness (QED) is 0.0321. The van der Waals surface area contributed by atoms with Crippen LogP contribution in [0.1, 0.15) is 310 Å². The monoisotopic (exact) mass is 876 g/mol. The summed E-state index contributed by atoms with van der Waals surface area (Å²) < 4.78 is 5.93. The van der Waals surface area contributed by atoms with Crippen LogP contribution in [0.4, 0.5) is 0 Å². The first-order valence-electron chi connectivity index (χ1n) is 27.9. The first-order chi connectivity index (χ1) is 30.5. The van der Waals surface area contributed by atoms with E-state index in [0.717, 1.165) is 51.4 Å².